The van der Waals surface area contributed by atoms with Gasteiger partial charge in [-0.25, -0.2) is 4.98 Å². The van der Waals surface area contributed by atoms with Crippen LogP contribution in [0.4, 0.5) is 0 Å². The van der Waals surface area contributed by atoms with Crippen molar-refractivity contribution in [3.05, 3.63) is 52.1 Å². The molecule has 1 fully saturated rings. The number of aromatic amines is 1. The number of hydrogen-bond acceptors (Lipinski definition) is 4. The summed E-state index contributed by atoms with van der Waals surface area (Å²) >= 11 is 6.00. The highest BCUT2D eigenvalue weighted by atomic mass is 35.5. The van der Waals surface area contributed by atoms with Gasteiger partial charge in [-0.1, -0.05) is 25.1 Å². The third-order valence-corrected chi connectivity index (χ3v) is 5.05. The molecule has 28 heavy (non-hydrogen) atoms. The monoisotopic (exact) mass is 402 g/mol. The van der Waals surface area contributed by atoms with E-state index in [9.17, 15) is 14.4 Å². The largest absolute Gasteiger partial charge is 0.338 e. The molecule has 7 nitrogen and oxygen atoms in total. The van der Waals surface area contributed by atoms with E-state index in [2.05, 4.69) is 16.5 Å². The zero-order valence-corrected chi connectivity index (χ0v) is 16.5. The number of benzene rings is 1. The molecule has 1 aromatic carbocycles. The van der Waals surface area contributed by atoms with E-state index in [-0.39, 0.29) is 29.8 Å². The van der Waals surface area contributed by atoms with Gasteiger partial charge >= 0.3 is 0 Å². The molecule has 1 N–H and O–H groups in total. The van der Waals surface area contributed by atoms with Crippen LogP contribution < -0.4 is 5.56 Å². The van der Waals surface area contributed by atoms with Gasteiger partial charge < -0.3 is 14.8 Å². The summed E-state index contributed by atoms with van der Waals surface area (Å²) in [5.41, 5.74) is 0.255. The summed E-state index contributed by atoms with van der Waals surface area (Å²) in [6.07, 6.45) is 2.45. The van der Waals surface area contributed by atoms with Gasteiger partial charge in [-0.15, -0.1) is 0 Å². The Balaban J connectivity index is 1.70. The second kappa shape index (κ2) is 8.56. The SMILES string of the molecule is C=CC(=O)N1CC(CC(=O)N(CCC)Cc2nc3cc(Cl)ccc3c(=O)[nH]2)C1. The van der Waals surface area contributed by atoms with E-state index in [0.717, 1.165) is 6.42 Å². The van der Waals surface area contributed by atoms with Crippen molar-refractivity contribution < 1.29 is 9.59 Å². The minimum atomic E-state index is -0.252. The van der Waals surface area contributed by atoms with Crippen LogP contribution in [0.15, 0.2) is 35.6 Å². The highest BCUT2D eigenvalue weighted by Crippen LogP contribution is 2.21. The number of H-pyrrole nitrogens is 1. The predicted molar refractivity (Wildman–Crippen MR) is 108 cm³/mol. The van der Waals surface area contributed by atoms with Crippen molar-refractivity contribution in [2.75, 3.05) is 19.6 Å². The molecule has 0 saturated carbocycles. The van der Waals surface area contributed by atoms with Crippen LogP contribution in [0, 0.1) is 5.92 Å². The molecule has 0 radical (unpaired) electrons. The van der Waals surface area contributed by atoms with E-state index in [1.165, 1.54) is 6.08 Å². The third-order valence-electron chi connectivity index (χ3n) is 4.81. The van der Waals surface area contributed by atoms with Gasteiger partial charge in [0.1, 0.15) is 5.82 Å². The van der Waals surface area contributed by atoms with Crippen molar-refractivity contribution in [3.8, 4) is 0 Å². The zero-order chi connectivity index (χ0) is 20.3. The lowest BCUT2D eigenvalue weighted by atomic mass is 9.95. The number of aromatic nitrogens is 2. The first-order valence-electron chi connectivity index (χ1n) is 9.28. The molecule has 1 aromatic heterocycles. The van der Waals surface area contributed by atoms with E-state index in [0.29, 0.717) is 47.8 Å². The molecule has 0 unspecified atom stereocenters. The lowest BCUT2D eigenvalue weighted by Gasteiger charge is -2.39. The number of carbonyl (C=O) groups is 2. The Bertz CT molecular complexity index is 966. The highest BCUT2D eigenvalue weighted by Gasteiger charge is 2.32. The summed E-state index contributed by atoms with van der Waals surface area (Å²) in [6, 6.07) is 4.92. The fourth-order valence-electron chi connectivity index (χ4n) is 3.36. The number of nitrogens with zero attached hydrogens (tertiary/aromatic N) is 3. The third kappa shape index (κ3) is 4.42. The fraction of sp³-hybridized carbons (Fsp3) is 0.400. The maximum Gasteiger partial charge on any atom is 0.258 e. The molecule has 3 rings (SSSR count). The zero-order valence-electron chi connectivity index (χ0n) is 15.8. The molecule has 2 amide bonds. The molecular weight excluding hydrogens is 380 g/mol. The molecule has 2 heterocycles. The minimum absolute atomic E-state index is 0.00797. The molecule has 1 aliphatic rings. The average Bonchev–Trinajstić information content (AvgIpc) is 2.62. The van der Waals surface area contributed by atoms with Gasteiger partial charge in [0.05, 0.1) is 17.4 Å². The second-order valence-corrected chi connectivity index (χ2v) is 7.44. The number of rotatable bonds is 7. The Hall–Kier alpha value is -2.67. The first-order chi connectivity index (χ1) is 13.4. The van der Waals surface area contributed by atoms with Crippen molar-refractivity contribution in [1.82, 2.24) is 19.8 Å². The molecule has 1 saturated heterocycles. The number of likely N-dealkylation sites (tertiary alicyclic amines) is 1. The van der Waals surface area contributed by atoms with Crippen molar-refractivity contribution in [2.24, 2.45) is 5.92 Å². The fourth-order valence-corrected chi connectivity index (χ4v) is 3.53. The number of nitrogens with one attached hydrogen (secondary N) is 1. The molecule has 0 atom stereocenters. The van der Waals surface area contributed by atoms with Crippen molar-refractivity contribution in [1.29, 1.82) is 0 Å². The lowest BCUT2D eigenvalue weighted by Crippen LogP contribution is -2.51. The maximum absolute atomic E-state index is 12.8. The van der Waals surface area contributed by atoms with E-state index in [1.54, 1.807) is 28.0 Å². The Morgan fingerprint density at radius 1 is 1.43 bits per heavy atom. The van der Waals surface area contributed by atoms with Crippen LogP contribution in [-0.2, 0) is 16.1 Å². The molecule has 148 valence electrons. The normalized spacial score (nSPS) is 14.0. The number of amides is 2. The smallest absolute Gasteiger partial charge is 0.258 e. The molecule has 1 aliphatic heterocycles. The standard InChI is InChI=1S/C20H23ClN4O3/c1-3-7-24(19(27)8-13-10-25(11-13)18(26)4-2)12-17-22-16-9-14(21)5-6-15(16)20(28)23-17/h4-6,9,13H,2-3,7-8,10-12H2,1H3,(H,22,23,28). The number of halogens is 1. The van der Waals surface area contributed by atoms with Crippen molar-refractivity contribution >= 4 is 34.3 Å². The van der Waals surface area contributed by atoms with Gasteiger partial charge in [-0.3, -0.25) is 14.4 Å². The Morgan fingerprint density at radius 2 is 2.18 bits per heavy atom. The van der Waals surface area contributed by atoms with Gasteiger partial charge in [0, 0.05) is 37.0 Å². The summed E-state index contributed by atoms with van der Waals surface area (Å²) in [5.74, 6) is 0.467. The predicted octanol–water partition coefficient (Wildman–Crippen LogP) is 2.35. The summed E-state index contributed by atoms with van der Waals surface area (Å²) in [5, 5.41) is 0.963. The van der Waals surface area contributed by atoms with Crippen molar-refractivity contribution in [3.63, 3.8) is 0 Å². The van der Waals surface area contributed by atoms with Gasteiger partial charge in [-0.05, 0) is 30.7 Å². The quantitative estimate of drug-likeness (QED) is 0.720. The minimum Gasteiger partial charge on any atom is -0.338 e. The topological polar surface area (TPSA) is 86.4 Å². The summed E-state index contributed by atoms with van der Waals surface area (Å²) in [6.45, 7) is 7.40. The van der Waals surface area contributed by atoms with E-state index < -0.39 is 0 Å². The van der Waals surface area contributed by atoms with Crippen LogP contribution in [-0.4, -0.2) is 51.2 Å². The van der Waals surface area contributed by atoms with Crippen molar-refractivity contribution in [2.45, 2.75) is 26.3 Å². The molecule has 8 heteroatoms. The van der Waals surface area contributed by atoms with Gasteiger partial charge in [-0.2, -0.15) is 0 Å². The van der Waals surface area contributed by atoms with Crippen LogP contribution in [0.2, 0.25) is 5.02 Å². The van der Waals surface area contributed by atoms with Gasteiger partial charge in [0.15, 0.2) is 0 Å². The second-order valence-electron chi connectivity index (χ2n) is 7.01. The Labute approximate surface area is 168 Å². The van der Waals surface area contributed by atoms with E-state index >= 15 is 0 Å². The van der Waals surface area contributed by atoms with E-state index in [4.69, 9.17) is 11.6 Å². The highest BCUT2D eigenvalue weighted by molar-refractivity contribution is 6.31. The summed E-state index contributed by atoms with van der Waals surface area (Å²) in [7, 11) is 0. The molecule has 0 aliphatic carbocycles. The average molecular weight is 403 g/mol. The molecule has 0 spiro atoms. The number of hydrogen-bond donors (Lipinski definition) is 1. The van der Waals surface area contributed by atoms with Crippen LogP contribution in [0.3, 0.4) is 0 Å². The Kier molecular flexibility index (Phi) is 6.14. The first-order valence-corrected chi connectivity index (χ1v) is 9.66. The molecule has 0 bridgehead atoms. The summed E-state index contributed by atoms with van der Waals surface area (Å²) in [4.78, 5) is 47.2. The van der Waals surface area contributed by atoms with Crippen LogP contribution in [0.1, 0.15) is 25.6 Å². The number of fused-ring (bicyclic) bond motifs is 1. The van der Waals surface area contributed by atoms with Crippen LogP contribution in [0.25, 0.3) is 10.9 Å². The lowest BCUT2D eigenvalue weighted by molar-refractivity contribution is -0.139. The Morgan fingerprint density at radius 3 is 2.86 bits per heavy atom. The molecule has 2 aromatic rings. The maximum atomic E-state index is 12.8. The van der Waals surface area contributed by atoms with E-state index in [1.807, 2.05) is 6.92 Å². The van der Waals surface area contributed by atoms with Crippen LogP contribution >= 0.6 is 11.6 Å². The van der Waals surface area contributed by atoms with Gasteiger partial charge in [0.25, 0.3) is 5.56 Å². The summed E-state index contributed by atoms with van der Waals surface area (Å²) < 4.78 is 0. The number of carbonyl (C=O) groups excluding carboxylic acids is 2. The van der Waals surface area contributed by atoms with Crippen LogP contribution in [0.5, 0.6) is 0 Å². The first kappa shape index (κ1) is 20.1. The van der Waals surface area contributed by atoms with Gasteiger partial charge in [0.2, 0.25) is 11.8 Å². The molecular formula is C20H23ClN4O3.